The number of benzene rings is 1. The zero-order valence-electron chi connectivity index (χ0n) is 10.4. The number of halogens is 2. The van der Waals surface area contributed by atoms with E-state index in [9.17, 15) is 18.0 Å². The molecule has 1 aromatic carbocycles. The summed E-state index contributed by atoms with van der Waals surface area (Å²) in [5, 5.41) is 17.2. The molecule has 0 aliphatic carbocycles. The van der Waals surface area contributed by atoms with Gasteiger partial charge in [0.2, 0.25) is 10.0 Å². The second-order valence-electron chi connectivity index (χ2n) is 4.00. The summed E-state index contributed by atoms with van der Waals surface area (Å²) in [5.74, 6) is -2.72. The highest BCUT2D eigenvalue weighted by Gasteiger charge is 2.27. The van der Waals surface area contributed by atoms with Crippen molar-refractivity contribution in [2.45, 2.75) is 23.8 Å². The summed E-state index contributed by atoms with van der Waals surface area (Å²) in [5.41, 5.74) is 0. The normalized spacial score (nSPS) is 12.9. The molecule has 0 aliphatic heterocycles. The molecule has 0 spiro atoms. The Hall–Kier alpha value is -1.35. The maximum absolute atomic E-state index is 12.1. The Morgan fingerprint density at radius 2 is 1.86 bits per heavy atom. The van der Waals surface area contributed by atoms with Crippen molar-refractivity contribution in [2.75, 3.05) is 0 Å². The number of carboxylic acid groups (broad SMARTS) is 2. The topological polar surface area (TPSA) is 121 Å². The summed E-state index contributed by atoms with van der Waals surface area (Å²) >= 11 is 11.5. The zero-order valence-corrected chi connectivity index (χ0v) is 12.7. The summed E-state index contributed by atoms with van der Waals surface area (Å²) in [4.78, 5) is 21.1. The lowest BCUT2D eigenvalue weighted by molar-refractivity contribution is -0.140. The van der Waals surface area contributed by atoms with Crippen LogP contribution in [0, 0.1) is 0 Å². The van der Waals surface area contributed by atoms with Crippen molar-refractivity contribution < 1.29 is 28.2 Å². The van der Waals surface area contributed by atoms with Gasteiger partial charge in [0, 0.05) is 6.42 Å². The predicted octanol–water partition coefficient (Wildman–Crippen LogP) is 1.59. The summed E-state index contributed by atoms with van der Waals surface area (Å²) in [6.45, 7) is 0. The summed E-state index contributed by atoms with van der Waals surface area (Å²) < 4.78 is 26.1. The van der Waals surface area contributed by atoms with E-state index in [1.54, 1.807) is 0 Å². The molecular formula is C11H11Cl2NO6S. The Balaban J connectivity index is 3.03. The maximum atomic E-state index is 12.1. The molecule has 10 heteroatoms. The Bertz CT molecular complexity index is 661. The molecule has 0 bridgehead atoms. The molecule has 0 radical (unpaired) electrons. The number of sulfonamides is 1. The minimum Gasteiger partial charge on any atom is -0.481 e. The summed E-state index contributed by atoms with van der Waals surface area (Å²) in [6, 6.07) is 2.30. The van der Waals surface area contributed by atoms with E-state index in [-0.39, 0.29) is 14.9 Å². The molecule has 0 fully saturated rings. The minimum atomic E-state index is -4.25. The van der Waals surface area contributed by atoms with Crippen LogP contribution in [0.1, 0.15) is 12.8 Å². The van der Waals surface area contributed by atoms with Crippen molar-refractivity contribution in [3.63, 3.8) is 0 Å². The molecular weight excluding hydrogens is 345 g/mol. The van der Waals surface area contributed by atoms with Crippen molar-refractivity contribution in [1.29, 1.82) is 0 Å². The second-order valence-corrected chi connectivity index (χ2v) is 6.46. The van der Waals surface area contributed by atoms with Gasteiger partial charge in [-0.05, 0) is 18.6 Å². The minimum absolute atomic E-state index is 0.00282. The van der Waals surface area contributed by atoms with Gasteiger partial charge in [0.15, 0.2) is 0 Å². The van der Waals surface area contributed by atoms with E-state index in [2.05, 4.69) is 0 Å². The zero-order chi connectivity index (χ0) is 16.2. The van der Waals surface area contributed by atoms with Crippen LogP contribution in [0.2, 0.25) is 10.0 Å². The van der Waals surface area contributed by atoms with Gasteiger partial charge in [0.25, 0.3) is 0 Å². The first kappa shape index (κ1) is 17.7. The van der Waals surface area contributed by atoms with Crippen LogP contribution >= 0.6 is 23.2 Å². The van der Waals surface area contributed by atoms with Crippen molar-refractivity contribution in [2.24, 2.45) is 0 Å². The maximum Gasteiger partial charge on any atom is 0.321 e. The van der Waals surface area contributed by atoms with Crippen molar-refractivity contribution in [3.8, 4) is 0 Å². The fourth-order valence-electron chi connectivity index (χ4n) is 1.44. The van der Waals surface area contributed by atoms with Gasteiger partial charge in [-0.1, -0.05) is 29.3 Å². The van der Waals surface area contributed by atoms with Crippen molar-refractivity contribution in [1.82, 2.24) is 4.72 Å². The van der Waals surface area contributed by atoms with Gasteiger partial charge in [0.05, 0.1) is 10.0 Å². The van der Waals surface area contributed by atoms with E-state index in [0.717, 1.165) is 6.07 Å². The molecule has 1 atom stereocenters. The SMILES string of the molecule is O=C(O)CC[C@H](NS(=O)(=O)c1cccc(Cl)c1Cl)C(=O)O. The van der Waals surface area contributed by atoms with Gasteiger partial charge in [-0.2, -0.15) is 4.72 Å². The van der Waals surface area contributed by atoms with Crippen LogP contribution in [0.25, 0.3) is 0 Å². The van der Waals surface area contributed by atoms with E-state index < -0.39 is 40.8 Å². The average Bonchev–Trinajstić information content (AvgIpc) is 2.37. The molecule has 1 rings (SSSR count). The first-order chi connectivity index (χ1) is 9.65. The summed E-state index contributed by atoms with van der Waals surface area (Å²) in [6.07, 6.45) is -0.898. The van der Waals surface area contributed by atoms with Crippen molar-refractivity contribution in [3.05, 3.63) is 28.2 Å². The third kappa shape index (κ3) is 4.85. The molecule has 0 saturated heterocycles. The van der Waals surface area contributed by atoms with Crippen LogP contribution in [0.5, 0.6) is 0 Å². The second kappa shape index (κ2) is 7.08. The van der Waals surface area contributed by atoms with E-state index in [1.165, 1.54) is 12.1 Å². The van der Waals surface area contributed by atoms with Gasteiger partial charge in [0.1, 0.15) is 10.9 Å². The number of hydrogen-bond acceptors (Lipinski definition) is 4. The quantitative estimate of drug-likeness (QED) is 0.682. The number of carboxylic acids is 2. The highest BCUT2D eigenvalue weighted by molar-refractivity contribution is 7.89. The van der Waals surface area contributed by atoms with Crippen molar-refractivity contribution >= 4 is 45.2 Å². The third-order valence-electron chi connectivity index (χ3n) is 2.45. The standard InChI is InChI=1S/C11H11Cl2NO6S/c12-6-2-1-3-8(10(6)13)21(19,20)14-7(11(17)18)4-5-9(15)16/h1-3,7,14H,4-5H2,(H,15,16)(H,17,18)/t7-/m0/s1. The molecule has 0 heterocycles. The fourth-order valence-corrected chi connectivity index (χ4v) is 3.43. The predicted molar refractivity (Wildman–Crippen MR) is 75.1 cm³/mol. The fraction of sp³-hybridized carbons (Fsp3) is 0.273. The average molecular weight is 356 g/mol. The molecule has 116 valence electrons. The lowest BCUT2D eigenvalue weighted by Gasteiger charge is -2.15. The first-order valence-corrected chi connectivity index (χ1v) is 7.80. The Kier molecular flexibility index (Phi) is 5.97. The molecule has 3 N–H and O–H groups in total. The largest absolute Gasteiger partial charge is 0.481 e. The van der Waals surface area contributed by atoms with Gasteiger partial charge in [-0.3, -0.25) is 9.59 Å². The number of nitrogens with one attached hydrogen (secondary N) is 1. The van der Waals surface area contributed by atoms with Crippen LogP contribution in [0.15, 0.2) is 23.1 Å². The first-order valence-electron chi connectivity index (χ1n) is 5.56. The lowest BCUT2D eigenvalue weighted by Crippen LogP contribution is -2.41. The molecule has 0 unspecified atom stereocenters. The smallest absolute Gasteiger partial charge is 0.321 e. The van der Waals surface area contributed by atoms with Gasteiger partial charge in [-0.25, -0.2) is 8.42 Å². The molecule has 0 amide bonds. The lowest BCUT2D eigenvalue weighted by atomic mass is 10.2. The third-order valence-corrected chi connectivity index (χ3v) is 4.89. The van der Waals surface area contributed by atoms with Crippen LogP contribution in [0.3, 0.4) is 0 Å². The monoisotopic (exact) mass is 355 g/mol. The number of carbonyl (C=O) groups is 2. The molecule has 7 nitrogen and oxygen atoms in total. The van der Waals surface area contributed by atoms with E-state index in [1.807, 2.05) is 4.72 Å². The van der Waals surface area contributed by atoms with E-state index in [0.29, 0.717) is 0 Å². The van der Waals surface area contributed by atoms with Crippen LogP contribution in [-0.2, 0) is 19.6 Å². The molecule has 1 aromatic rings. The Labute approximate surface area is 130 Å². The highest BCUT2D eigenvalue weighted by Crippen LogP contribution is 2.29. The number of rotatable bonds is 7. The van der Waals surface area contributed by atoms with Crippen LogP contribution < -0.4 is 4.72 Å². The van der Waals surface area contributed by atoms with Gasteiger partial charge >= 0.3 is 11.9 Å². The van der Waals surface area contributed by atoms with Crippen LogP contribution in [-0.4, -0.2) is 36.6 Å². The molecule has 21 heavy (non-hydrogen) atoms. The number of aliphatic carboxylic acids is 2. The number of hydrogen-bond donors (Lipinski definition) is 3. The Morgan fingerprint density at radius 1 is 1.24 bits per heavy atom. The molecule has 0 saturated carbocycles. The van der Waals surface area contributed by atoms with Gasteiger partial charge in [-0.15, -0.1) is 0 Å². The summed E-state index contributed by atoms with van der Waals surface area (Å²) in [7, 11) is -4.25. The highest BCUT2D eigenvalue weighted by atomic mass is 35.5. The van der Waals surface area contributed by atoms with E-state index in [4.69, 9.17) is 33.4 Å². The van der Waals surface area contributed by atoms with E-state index >= 15 is 0 Å². The van der Waals surface area contributed by atoms with Gasteiger partial charge < -0.3 is 10.2 Å². The Morgan fingerprint density at radius 3 is 2.38 bits per heavy atom. The molecule has 0 aromatic heterocycles. The van der Waals surface area contributed by atoms with Crippen LogP contribution in [0.4, 0.5) is 0 Å². The molecule has 0 aliphatic rings.